The lowest BCUT2D eigenvalue weighted by molar-refractivity contribution is 0.449. The Bertz CT molecular complexity index is 589. The number of allylic oxidation sites excluding steroid dienone is 4. The molecule has 0 N–H and O–H groups in total. The zero-order valence-corrected chi connectivity index (χ0v) is 15.2. The largest absolute Gasteiger partial charge is 0.126 e. The summed E-state index contributed by atoms with van der Waals surface area (Å²) in [6.45, 7) is 9.25. The minimum Gasteiger partial charge on any atom is -0.126 e. The molecule has 118 valence electrons. The van der Waals surface area contributed by atoms with E-state index >= 15 is 0 Å². The van der Waals surface area contributed by atoms with Crippen molar-refractivity contribution < 1.29 is 0 Å². The third-order valence-corrected chi connectivity index (χ3v) is 6.65. The average Bonchev–Trinajstić information content (AvgIpc) is 2.84. The zero-order valence-electron chi connectivity index (χ0n) is 14.4. The molecule has 2 unspecified atom stereocenters. The Morgan fingerprint density at radius 2 is 1.86 bits per heavy atom. The van der Waals surface area contributed by atoms with E-state index in [-0.39, 0.29) is 0 Å². The fourth-order valence-electron chi connectivity index (χ4n) is 3.79. The van der Waals surface area contributed by atoms with Crippen LogP contribution in [0.4, 0.5) is 0 Å². The molecule has 0 saturated carbocycles. The molecule has 2 aliphatic rings. The molecule has 1 heteroatoms. The maximum atomic E-state index is 2.54. The summed E-state index contributed by atoms with van der Waals surface area (Å²) in [6.07, 6.45) is 7.63. The maximum absolute atomic E-state index is 2.54. The summed E-state index contributed by atoms with van der Waals surface area (Å²) in [7, 11) is 0. The van der Waals surface area contributed by atoms with Crippen LogP contribution in [0.2, 0.25) is 0 Å². The van der Waals surface area contributed by atoms with Crippen LogP contribution in [0.15, 0.2) is 40.8 Å². The Balaban J connectivity index is 1.90. The number of hydrogen-bond acceptors (Lipinski definition) is 1. The van der Waals surface area contributed by atoms with E-state index in [4.69, 9.17) is 0 Å². The third-order valence-electron chi connectivity index (χ3n) is 4.97. The highest BCUT2D eigenvalue weighted by Gasteiger charge is 2.35. The molecule has 0 fully saturated rings. The Hall–Kier alpha value is -0.950. The van der Waals surface area contributed by atoms with E-state index in [0.29, 0.717) is 0 Å². The van der Waals surface area contributed by atoms with Crippen molar-refractivity contribution >= 4 is 17.3 Å². The molecule has 1 aliphatic carbocycles. The highest BCUT2D eigenvalue weighted by Crippen LogP contribution is 2.51. The normalized spacial score (nSPS) is 24.7. The molecule has 0 nitrogen and oxygen atoms in total. The van der Waals surface area contributed by atoms with Crippen molar-refractivity contribution in [1.82, 2.24) is 0 Å². The smallest absolute Gasteiger partial charge is 0.0158 e. The summed E-state index contributed by atoms with van der Waals surface area (Å²) in [5.74, 6) is 1.55. The van der Waals surface area contributed by atoms with Crippen molar-refractivity contribution in [2.24, 2.45) is 11.8 Å². The monoisotopic (exact) mass is 312 g/mol. The van der Waals surface area contributed by atoms with Gasteiger partial charge in [0, 0.05) is 5.25 Å². The quantitative estimate of drug-likeness (QED) is 0.602. The molecular weight excluding hydrogens is 284 g/mol. The van der Waals surface area contributed by atoms with Gasteiger partial charge in [-0.1, -0.05) is 56.7 Å². The molecule has 0 radical (unpaired) electrons. The molecule has 0 saturated heterocycles. The second-order valence-corrected chi connectivity index (χ2v) is 8.55. The lowest BCUT2D eigenvalue weighted by Crippen LogP contribution is -2.16. The average molecular weight is 313 g/mol. The summed E-state index contributed by atoms with van der Waals surface area (Å²) < 4.78 is 0. The summed E-state index contributed by atoms with van der Waals surface area (Å²) >= 11 is 2.18. The van der Waals surface area contributed by atoms with Gasteiger partial charge in [0.05, 0.1) is 0 Å². The van der Waals surface area contributed by atoms with Gasteiger partial charge in [-0.3, -0.25) is 0 Å². The first kappa shape index (κ1) is 15.9. The molecule has 0 spiro atoms. The number of aryl methyl sites for hydroxylation is 1. The minimum absolute atomic E-state index is 0.769. The van der Waals surface area contributed by atoms with Crippen LogP contribution < -0.4 is 0 Å². The Morgan fingerprint density at radius 1 is 1.14 bits per heavy atom. The molecular formula is C21H28S. The summed E-state index contributed by atoms with van der Waals surface area (Å²) in [4.78, 5) is 1.69. The molecule has 22 heavy (non-hydrogen) atoms. The van der Waals surface area contributed by atoms with Crippen LogP contribution >= 0.6 is 11.8 Å². The molecule has 1 aliphatic heterocycles. The number of thioether (sulfide) groups is 1. The maximum Gasteiger partial charge on any atom is 0.0158 e. The number of benzene rings is 1. The van der Waals surface area contributed by atoms with Crippen molar-refractivity contribution in [2.45, 2.75) is 58.6 Å². The third kappa shape index (κ3) is 3.20. The predicted octanol–water partition coefficient (Wildman–Crippen LogP) is 6.61. The molecule has 0 amide bonds. The first-order valence-electron chi connectivity index (χ1n) is 8.75. The van der Waals surface area contributed by atoms with Gasteiger partial charge >= 0.3 is 0 Å². The van der Waals surface area contributed by atoms with Crippen LogP contribution in [-0.4, -0.2) is 5.25 Å². The van der Waals surface area contributed by atoms with E-state index < -0.39 is 0 Å². The van der Waals surface area contributed by atoms with Gasteiger partial charge in [0.15, 0.2) is 0 Å². The van der Waals surface area contributed by atoms with E-state index in [9.17, 15) is 0 Å². The van der Waals surface area contributed by atoms with Gasteiger partial charge < -0.3 is 0 Å². The number of hydrogen-bond donors (Lipinski definition) is 0. The van der Waals surface area contributed by atoms with Crippen molar-refractivity contribution in [3.8, 4) is 0 Å². The van der Waals surface area contributed by atoms with Gasteiger partial charge in [0.2, 0.25) is 0 Å². The molecule has 1 aromatic carbocycles. The summed E-state index contributed by atoms with van der Waals surface area (Å²) in [5, 5.41) is 0.806. The van der Waals surface area contributed by atoms with Gasteiger partial charge in [-0.2, -0.15) is 0 Å². The van der Waals surface area contributed by atoms with Crippen molar-refractivity contribution in [3.63, 3.8) is 0 Å². The van der Waals surface area contributed by atoms with Crippen LogP contribution in [0.25, 0.3) is 5.57 Å². The van der Waals surface area contributed by atoms with Gasteiger partial charge in [-0.15, -0.1) is 11.8 Å². The van der Waals surface area contributed by atoms with Crippen molar-refractivity contribution in [3.05, 3.63) is 51.9 Å². The molecule has 2 atom stereocenters. The Kier molecular flexibility index (Phi) is 4.82. The second-order valence-electron chi connectivity index (χ2n) is 7.21. The topological polar surface area (TPSA) is 0 Å². The van der Waals surface area contributed by atoms with Gasteiger partial charge in [0.1, 0.15) is 0 Å². The van der Waals surface area contributed by atoms with Crippen LogP contribution in [0.5, 0.6) is 0 Å². The SMILES string of the molecule is CCC1SC2=C(C=C(c3ccc(C)cc3)CC2)C1CC(C)C. The minimum atomic E-state index is 0.769. The van der Waals surface area contributed by atoms with Crippen LogP contribution in [0.3, 0.4) is 0 Å². The van der Waals surface area contributed by atoms with E-state index in [1.807, 2.05) is 0 Å². The van der Waals surface area contributed by atoms with E-state index in [1.54, 1.807) is 16.1 Å². The molecule has 1 heterocycles. The van der Waals surface area contributed by atoms with Crippen molar-refractivity contribution in [1.29, 1.82) is 0 Å². The predicted molar refractivity (Wildman–Crippen MR) is 100 cm³/mol. The van der Waals surface area contributed by atoms with Crippen LogP contribution in [-0.2, 0) is 0 Å². The molecule has 0 aromatic heterocycles. The van der Waals surface area contributed by atoms with Crippen LogP contribution in [0.1, 0.15) is 57.6 Å². The van der Waals surface area contributed by atoms with Crippen molar-refractivity contribution in [2.75, 3.05) is 0 Å². The lowest BCUT2D eigenvalue weighted by atomic mass is 9.82. The first-order valence-corrected chi connectivity index (χ1v) is 9.63. The van der Waals surface area contributed by atoms with E-state index in [0.717, 1.165) is 17.1 Å². The zero-order chi connectivity index (χ0) is 15.7. The van der Waals surface area contributed by atoms with Gasteiger partial charge in [-0.25, -0.2) is 0 Å². The molecule has 3 rings (SSSR count). The Morgan fingerprint density at radius 3 is 2.50 bits per heavy atom. The summed E-state index contributed by atoms with van der Waals surface area (Å²) in [6, 6.07) is 9.07. The second kappa shape index (κ2) is 6.66. The van der Waals surface area contributed by atoms with Gasteiger partial charge in [0.25, 0.3) is 0 Å². The Labute approximate surface area is 140 Å². The fraction of sp³-hybridized carbons (Fsp3) is 0.524. The molecule has 1 aromatic rings. The highest BCUT2D eigenvalue weighted by molar-refractivity contribution is 8.04. The number of rotatable bonds is 4. The van der Waals surface area contributed by atoms with Gasteiger partial charge in [-0.05, 0) is 66.1 Å². The standard InChI is InChI=1S/C21H28S/c1-5-20-18(12-14(2)3)19-13-17(10-11-21(19)22-20)16-8-6-15(4)7-9-16/h6-9,13-14,18,20H,5,10-12H2,1-4H3. The fourth-order valence-corrected chi connectivity index (χ4v) is 5.31. The van der Waals surface area contributed by atoms with E-state index in [2.05, 4.69) is 69.8 Å². The lowest BCUT2D eigenvalue weighted by Gasteiger charge is -2.23. The van der Waals surface area contributed by atoms with Crippen LogP contribution in [0, 0.1) is 18.8 Å². The highest BCUT2D eigenvalue weighted by atomic mass is 32.2. The molecule has 0 bridgehead atoms. The first-order chi connectivity index (χ1) is 10.6. The summed E-state index contributed by atoms with van der Waals surface area (Å²) in [5.41, 5.74) is 5.99. The van der Waals surface area contributed by atoms with E-state index in [1.165, 1.54) is 36.8 Å².